The fraction of sp³-hybridized carbons (Fsp3) is 1.00. The van der Waals surface area contributed by atoms with E-state index < -0.39 is 0 Å². The van der Waals surface area contributed by atoms with Gasteiger partial charge in [0.1, 0.15) is 0 Å². The van der Waals surface area contributed by atoms with E-state index >= 15 is 0 Å². The van der Waals surface area contributed by atoms with Crippen LogP contribution >= 0.6 is 0 Å². The topological polar surface area (TPSA) is 15.3 Å². The molecule has 0 saturated heterocycles. The number of nitrogens with zero attached hydrogens (tertiary/aromatic N) is 1. The summed E-state index contributed by atoms with van der Waals surface area (Å²) in [6.45, 7) is 9.75. The van der Waals surface area contributed by atoms with E-state index in [0.29, 0.717) is 11.5 Å². The van der Waals surface area contributed by atoms with Crippen molar-refractivity contribution in [3.63, 3.8) is 0 Å². The lowest BCUT2D eigenvalue weighted by Gasteiger charge is -2.49. The first-order chi connectivity index (χ1) is 9.34. The Morgan fingerprint density at radius 1 is 1.05 bits per heavy atom. The molecule has 2 nitrogen and oxygen atoms in total. The Balaban J connectivity index is 2.01. The Hall–Kier alpha value is -0.0800. The lowest BCUT2D eigenvalue weighted by molar-refractivity contribution is 0.0258. The Morgan fingerprint density at radius 2 is 1.65 bits per heavy atom. The number of likely N-dealkylation sites (N-methyl/N-ethyl adjacent to an activating group) is 2. The molecule has 0 amide bonds. The van der Waals surface area contributed by atoms with Crippen molar-refractivity contribution < 1.29 is 0 Å². The van der Waals surface area contributed by atoms with Crippen LogP contribution in [0.1, 0.15) is 66.2 Å². The Bertz CT molecular complexity index is 303. The van der Waals surface area contributed by atoms with Crippen molar-refractivity contribution in [2.45, 2.75) is 84.3 Å². The molecule has 0 spiro atoms. The minimum atomic E-state index is 0.576. The Morgan fingerprint density at radius 3 is 2.20 bits per heavy atom. The molecule has 20 heavy (non-hydrogen) atoms. The van der Waals surface area contributed by atoms with Crippen molar-refractivity contribution in [2.24, 2.45) is 17.3 Å². The number of hydrogen-bond acceptors (Lipinski definition) is 2. The van der Waals surface area contributed by atoms with Gasteiger partial charge in [0.25, 0.3) is 0 Å². The Labute approximate surface area is 126 Å². The van der Waals surface area contributed by atoms with Gasteiger partial charge in [-0.25, -0.2) is 0 Å². The summed E-state index contributed by atoms with van der Waals surface area (Å²) in [6, 6.07) is 2.20. The highest BCUT2D eigenvalue weighted by Gasteiger charge is 2.39. The molecule has 0 aromatic rings. The molecule has 2 heteroatoms. The van der Waals surface area contributed by atoms with Gasteiger partial charge in [-0.3, -0.25) is 4.90 Å². The van der Waals surface area contributed by atoms with Crippen LogP contribution in [-0.2, 0) is 0 Å². The monoisotopic (exact) mass is 280 g/mol. The van der Waals surface area contributed by atoms with Crippen LogP contribution in [0.4, 0.5) is 0 Å². The number of hydrogen-bond donors (Lipinski definition) is 1. The van der Waals surface area contributed by atoms with Crippen LogP contribution in [0.25, 0.3) is 0 Å². The van der Waals surface area contributed by atoms with Gasteiger partial charge in [0.2, 0.25) is 0 Å². The quantitative estimate of drug-likeness (QED) is 0.843. The molecule has 2 rings (SSSR count). The second-order valence-electron chi connectivity index (χ2n) is 8.50. The predicted molar refractivity (Wildman–Crippen MR) is 88.0 cm³/mol. The molecule has 0 bridgehead atoms. The summed E-state index contributed by atoms with van der Waals surface area (Å²) in [4.78, 5) is 2.74. The van der Waals surface area contributed by atoms with Gasteiger partial charge in [0.15, 0.2) is 0 Å². The zero-order valence-corrected chi connectivity index (χ0v) is 14.6. The molecule has 4 unspecified atom stereocenters. The van der Waals surface area contributed by atoms with Gasteiger partial charge in [-0.1, -0.05) is 27.7 Å². The first-order valence-electron chi connectivity index (χ1n) is 8.73. The molecule has 0 radical (unpaired) electrons. The molecule has 0 heterocycles. The molecule has 118 valence electrons. The molecule has 0 aliphatic heterocycles. The molecule has 2 fully saturated rings. The molecule has 4 atom stereocenters. The molecule has 2 saturated carbocycles. The van der Waals surface area contributed by atoms with Gasteiger partial charge >= 0.3 is 0 Å². The molecule has 0 aromatic heterocycles. The van der Waals surface area contributed by atoms with Gasteiger partial charge in [0.05, 0.1) is 0 Å². The van der Waals surface area contributed by atoms with Gasteiger partial charge in [-0.05, 0) is 69.9 Å². The zero-order chi connectivity index (χ0) is 14.9. The van der Waals surface area contributed by atoms with E-state index in [4.69, 9.17) is 0 Å². The zero-order valence-electron chi connectivity index (χ0n) is 14.6. The summed E-state index contributed by atoms with van der Waals surface area (Å²) < 4.78 is 0. The van der Waals surface area contributed by atoms with Crippen LogP contribution in [0.15, 0.2) is 0 Å². The first-order valence-corrected chi connectivity index (χ1v) is 8.73. The average Bonchev–Trinajstić information content (AvgIpc) is 2.37. The molecule has 2 aliphatic rings. The molecule has 1 N–H and O–H groups in total. The van der Waals surface area contributed by atoms with Crippen LogP contribution in [-0.4, -0.2) is 37.1 Å². The van der Waals surface area contributed by atoms with Crippen LogP contribution in [0.2, 0.25) is 0 Å². The van der Waals surface area contributed by atoms with Crippen molar-refractivity contribution in [2.75, 3.05) is 14.1 Å². The summed E-state index contributed by atoms with van der Waals surface area (Å²) in [5.41, 5.74) is 0.576. The third-order valence-electron chi connectivity index (χ3n) is 6.15. The summed E-state index contributed by atoms with van der Waals surface area (Å²) >= 11 is 0. The van der Waals surface area contributed by atoms with Crippen molar-refractivity contribution in [3.05, 3.63) is 0 Å². The molecular formula is C18H36N2. The maximum atomic E-state index is 3.61. The fourth-order valence-corrected chi connectivity index (χ4v) is 4.85. The van der Waals surface area contributed by atoms with E-state index in [1.807, 2.05) is 0 Å². The van der Waals surface area contributed by atoms with Crippen LogP contribution in [0, 0.1) is 17.3 Å². The summed E-state index contributed by atoms with van der Waals surface area (Å²) in [6.07, 6.45) is 8.30. The highest BCUT2D eigenvalue weighted by molar-refractivity contribution is 4.95. The maximum Gasteiger partial charge on any atom is 0.0274 e. The van der Waals surface area contributed by atoms with Gasteiger partial charge in [-0.2, -0.15) is 0 Å². The SMILES string of the molecule is CNC1CC(C)CC(C)C1N(C)C1CCC(C)(C)CC1. The van der Waals surface area contributed by atoms with Crippen LogP contribution < -0.4 is 5.32 Å². The van der Waals surface area contributed by atoms with E-state index in [0.717, 1.165) is 23.9 Å². The van der Waals surface area contributed by atoms with Crippen molar-refractivity contribution in [3.8, 4) is 0 Å². The number of rotatable bonds is 3. The second kappa shape index (κ2) is 6.36. The minimum Gasteiger partial charge on any atom is -0.315 e. The summed E-state index contributed by atoms with van der Waals surface area (Å²) in [5.74, 6) is 1.69. The lowest BCUT2D eigenvalue weighted by Crippen LogP contribution is -2.57. The number of nitrogens with one attached hydrogen (secondary N) is 1. The highest BCUT2D eigenvalue weighted by Crippen LogP contribution is 2.39. The summed E-state index contributed by atoms with van der Waals surface area (Å²) in [7, 11) is 4.55. The normalized spacial score (nSPS) is 39.1. The van der Waals surface area contributed by atoms with Crippen LogP contribution in [0.3, 0.4) is 0 Å². The predicted octanol–water partition coefficient (Wildman–Crippen LogP) is 3.91. The minimum absolute atomic E-state index is 0.576. The van der Waals surface area contributed by atoms with E-state index in [1.54, 1.807) is 0 Å². The average molecular weight is 281 g/mol. The van der Waals surface area contributed by atoms with E-state index in [9.17, 15) is 0 Å². The van der Waals surface area contributed by atoms with Gasteiger partial charge < -0.3 is 5.32 Å². The van der Waals surface area contributed by atoms with Gasteiger partial charge in [0, 0.05) is 18.1 Å². The third kappa shape index (κ3) is 3.57. The maximum absolute atomic E-state index is 3.61. The van der Waals surface area contributed by atoms with Crippen LogP contribution in [0.5, 0.6) is 0 Å². The standard InChI is InChI=1S/C18H36N2/c1-13-11-14(2)17(16(12-13)19-5)20(6)15-7-9-18(3,4)10-8-15/h13-17,19H,7-12H2,1-6H3. The van der Waals surface area contributed by atoms with E-state index in [1.165, 1.54) is 38.5 Å². The van der Waals surface area contributed by atoms with Crippen molar-refractivity contribution in [1.82, 2.24) is 10.2 Å². The smallest absolute Gasteiger partial charge is 0.0274 e. The lowest BCUT2D eigenvalue weighted by atomic mass is 9.72. The van der Waals surface area contributed by atoms with E-state index in [2.05, 4.69) is 52.0 Å². The highest BCUT2D eigenvalue weighted by atomic mass is 15.2. The van der Waals surface area contributed by atoms with E-state index in [-0.39, 0.29) is 0 Å². The summed E-state index contributed by atoms with van der Waals surface area (Å²) in [5, 5.41) is 3.61. The second-order valence-corrected chi connectivity index (χ2v) is 8.50. The van der Waals surface area contributed by atoms with Crippen molar-refractivity contribution >= 4 is 0 Å². The molecule has 2 aliphatic carbocycles. The molecular weight excluding hydrogens is 244 g/mol. The Kier molecular flexibility index (Phi) is 5.18. The largest absolute Gasteiger partial charge is 0.315 e. The van der Waals surface area contributed by atoms with Crippen molar-refractivity contribution in [1.29, 1.82) is 0 Å². The molecule has 0 aromatic carbocycles. The fourth-order valence-electron chi connectivity index (χ4n) is 4.85. The third-order valence-corrected chi connectivity index (χ3v) is 6.15. The van der Waals surface area contributed by atoms with Gasteiger partial charge in [-0.15, -0.1) is 0 Å². The first kappa shape index (κ1) is 16.3.